The minimum absolute atomic E-state index is 0. The van der Waals surface area contributed by atoms with Crippen molar-refractivity contribution < 1.29 is 4.74 Å². The maximum atomic E-state index is 5.34. The lowest BCUT2D eigenvalue weighted by atomic mass is 10.2. The Labute approximate surface area is 117 Å². The van der Waals surface area contributed by atoms with Gasteiger partial charge in [0.05, 0.1) is 13.2 Å². The van der Waals surface area contributed by atoms with E-state index in [-0.39, 0.29) is 24.8 Å². The van der Waals surface area contributed by atoms with Crippen LogP contribution in [-0.2, 0) is 4.74 Å². The van der Waals surface area contributed by atoms with Gasteiger partial charge in [-0.3, -0.25) is 4.90 Å². The molecular formula is C11H25Cl2N3O. The zero-order valence-corrected chi connectivity index (χ0v) is 12.2. The van der Waals surface area contributed by atoms with Crippen LogP contribution in [0, 0.1) is 0 Å². The van der Waals surface area contributed by atoms with Gasteiger partial charge in [-0.2, -0.15) is 0 Å². The number of hydrogen-bond acceptors (Lipinski definition) is 4. The van der Waals surface area contributed by atoms with Crippen molar-refractivity contribution in [2.45, 2.75) is 12.5 Å². The maximum absolute atomic E-state index is 5.34. The van der Waals surface area contributed by atoms with Crippen molar-refractivity contribution >= 4 is 24.8 Å². The van der Waals surface area contributed by atoms with Crippen molar-refractivity contribution in [1.82, 2.24) is 15.1 Å². The highest BCUT2D eigenvalue weighted by Crippen LogP contribution is 2.06. The van der Waals surface area contributed by atoms with Crippen LogP contribution in [0.15, 0.2) is 0 Å². The molecule has 0 aromatic heterocycles. The van der Waals surface area contributed by atoms with Crippen molar-refractivity contribution in [3.63, 3.8) is 0 Å². The van der Waals surface area contributed by atoms with Crippen molar-refractivity contribution in [3.8, 4) is 0 Å². The van der Waals surface area contributed by atoms with Crippen LogP contribution in [0.25, 0.3) is 0 Å². The summed E-state index contributed by atoms with van der Waals surface area (Å²) in [6.45, 7) is 8.77. The van der Waals surface area contributed by atoms with Crippen LogP contribution in [-0.4, -0.2) is 75.4 Å². The van der Waals surface area contributed by atoms with Crippen LogP contribution >= 0.6 is 24.8 Å². The molecule has 17 heavy (non-hydrogen) atoms. The average molecular weight is 286 g/mol. The lowest BCUT2D eigenvalue weighted by Gasteiger charge is -2.30. The fraction of sp³-hybridized carbons (Fsp3) is 1.00. The van der Waals surface area contributed by atoms with E-state index in [4.69, 9.17) is 4.74 Å². The Morgan fingerprint density at radius 2 is 2.00 bits per heavy atom. The molecule has 2 aliphatic heterocycles. The zero-order valence-electron chi connectivity index (χ0n) is 10.6. The molecule has 1 atom stereocenters. The summed E-state index contributed by atoms with van der Waals surface area (Å²) in [5.74, 6) is 0. The number of likely N-dealkylation sites (N-methyl/N-ethyl adjacent to an activating group) is 1. The second-order valence-corrected chi connectivity index (χ2v) is 4.58. The number of hydrogen-bond donors (Lipinski definition) is 1. The first-order valence-electron chi connectivity index (χ1n) is 6.07. The van der Waals surface area contributed by atoms with Crippen LogP contribution < -0.4 is 5.32 Å². The van der Waals surface area contributed by atoms with Gasteiger partial charge in [-0.15, -0.1) is 24.8 Å². The monoisotopic (exact) mass is 285 g/mol. The molecule has 2 rings (SSSR count). The molecule has 0 spiro atoms. The highest BCUT2D eigenvalue weighted by atomic mass is 35.5. The number of nitrogens with zero attached hydrogens (tertiary/aromatic N) is 2. The highest BCUT2D eigenvalue weighted by Gasteiger charge is 2.19. The van der Waals surface area contributed by atoms with Gasteiger partial charge in [0.1, 0.15) is 0 Å². The van der Waals surface area contributed by atoms with Crippen LogP contribution in [0.1, 0.15) is 6.42 Å². The topological polar surface area (TPSA) is 27.7 Å². The fourth-order valence-corrected chi connectivity index (χ4v) is 2.32. The summed E-state index contributed by atoms with van der Waals surface area (Å²) in [6.07, 6.45) is 1.31. The van der Waals surface area contributed by atoms with E-state index in [2.05, 4.69) is 22.2 Å². The quantitative estimate of drug-likeness (QED) is 0.812. The van der Waals surface area contributed by atoms with E-state index in [0.29, 0.717) is 0 Å². The average Bonchev–Trinajstić information content (AvgIpc) is 2.81. The molecule has 0 aliphatic carbocycles. The summed E-state index contributed by atoms with van der Waals surface area (Å²) >= 11 is 0. The molecule has 2 heterocycles. The Balaban J connectivity index is 0.00000128. The molecule has 0 radical (unpaired) electrons. The van der Waals surface area contributed by atoms with Gasteiger partial charge in [-0.1, -0.05) is 0 Å². The third-order valence-electron chi connectivity index (χ3n) is 3.53. The minimum Gasteiger partial charge on any atom is -0.379 e. The second-order valence-electron chi connectivity index (χ2n) is 4.58. The standard InChI is InChI=1S/C11H23N3O.2ClH/c1-13(11-2-3-12-10-11)4-5-14-6-8-15-9-7-14;;/h11-12H,2-10H2,1H3;2*1H. The normalized spacial score (nSPS) is 25.4. The Morgan fingerprint density at radius 3 is 2.59 bits per heavy atom. The zero-order chi connectivity index (χ0) is 10.5. The molecule has 0 aromatic rings. The Hall–Kier alpha value is 0.420. The van der Waals surface area contributed by atoms with Crippen molar-refractivity contribution in [1.29, 1.82) is 0 Å². The fourth-order valence-electron chi connectivity index (χ4n) is 2.32. The molecule has 0 bridgehead atoms. The van der Waals surface area contributed by atoms with E-state index >= 15 is 0 Å². The van der Waals surface area contributed by atoms with E-state index in [0.717, 1.165) is 32.3 Å². The third-order valence-corrected chi connectivity index (χ3v) is 3.53. The molecule has 2 fully saturated rings. The highest BCUT2D eigenvalue weighted by molar-refractivity contribution is 5.85. The maximum Gasteiger partial charge on any atom is 0.0594 e. The Kier molecular flexibility index (Phi) is 9.59. The van der Waals surface area contributed by atoms with Gasteiger partial charge in [0.15, 0.2) is 0 Å². The van der Waals surface area contributed by atoms with Crippen molar-refractivity contribution in [2.24, 2.45) is 0 Å². The van der Waals surface area contributed by atoms with Crippen LogP contribution in [0.3, 0.4) is 0 Å². The first-order valence-corrected chi connectivity index (χ1v) is 6.07. The third kappa shape index (κ3) is 5.73. The molecule has 104 valence electrons. The summed E-state index contributed by atoms with van der Waals surface area (Å²) in [7, 11) is 2.25. The predicted octanol–water partition coefficient (Wildman–Crippen LogP) is 0.456. The van der Waals surface area contributed by atoms with Gasteiger partial charge < -0.3 is 15.0 Å². The summed E-state index contributed by atoms with van der Waals surface area (Å²) < 4.78 is 5.34. The number of rotatable bonds is 4. The molecule has 1 unspecified atom stereocenters. The first-order chi connectivity index (χ1) is 7.36. The molecule has 2 saturated heterocycles. The number of ether oxygens (including phenoxy) is 1. The van der Waals surface area contributed by atoms with E-state index in [1.54, 1.807) is 0 Å². The second kappa shape index (κ2) is 9.36. The molecule has 2 aliphatic rings. The van der Waals surface area contributed by atoms with E-state index < -0.39 is 0 Å². The lowest BCUT2D eigenvalue weighted by Crippen LogP contribution is -2.43. The molecule has 4 nitrogen and oxygen atoms in total. The van der Waals surface area contributed by atoms with Crippen LogP contribution in [0.5, 0.6) is 0 Å². The van der Waals surface area contributed by atoms with Crippen molar-refractivity contribution in [2.75, 3.05) is 59.5 Å². The van der Waals surface area contributed by atoms with Gasteiger partial charge in [0.25, 0.3) is 0 Å². The molecule has 6 heteroatoms. The lowest BCUT2D eigenvalue weighted by molar-refractivity contribution is 0.0330. The van der Waals surface area contributed by atoms with Gasteiger partial charge in [0.2, 0.25) is 0 Å². The summed E-state index contributed by atoms with van der Waals surface area (Å²) in [5.41, 5.74) is 0. The number of morpholine rings is 1. The number of nitrogens with one attached hydrogen (secondary N) is 1. The van der Waals surface area contributed by atoms with Gasteiger partial charge >= 0.3 is 0 Å². The number of halogens is 2. The molecule has 0 amide bonds. The SMILES string of the molecule is CN(CCN1CCOCC1)C1CCNC1.Cl.Cl. The summed E-state index contributed by atoms with van der Waals surface area (Å²) in [5, 5.41) is 3.42. The van der Waals surface area contributed by atoms with Gasteiger partial charge in [-0.05, 0) is 20.0 Å². The minimum atomic E-state index is 0. The molecule has 0 saturated carbocycles. The van der Waals surface area contributed by atoms with Crippen molar-refractivity contribution in [3.05, 3.63) is 0 Å². The Bertz CT molecular complexity index is 186. The predicted molar refractivity (Wildman–Crippen MR) is 75.7 cm³/mol. The van der Waals surface area contributed by atoms with E-state index in [1.165, 1.54) is 32.6 Å². The molecular weight excluding hydrogens is 261 g/mol. The largest absolute Gasteiger partial charge is 0.379 e. The Morgan fingerprint density at radius 1 is 1.29 bits per heavy atom. The van der Waals surface area contributed by atoms with Gasteiger partial charge in [-0.25, -0.2) is 0 Å². The smallest absolute Gasteiger partial charge is 0.0594 e. The van der Waals surface area contributed by atoms with Crippen LogP contribution in [0.4, 0.5) is 0 Å². The first kappa shape index (κ1) is 17.4. The van der Waals surface area contributed by atoms with Gasteiger partial charge in [0, 0.05) is 38.8 Å². The molecule has 1 N–H and O–H groups in total. The van der Waals surface area contributed by atoms with E-state index in [9.17, 15) is 0 Å². The van der Waals surface area contributed by atoms with Crippen LogP contribution in [0.2, 0.25) is 0 Å². The summed E-state index contributed by atoms with van der Waals surface area (Å²) in [6, 6.07) is 0.756. The summed E-state index contributed by atoms with van der Waals surface area (Å²) in [4.78, 5) is 5.00. The van der Waals surface area contributed by atoms with E-state index in [1.807, 2.05) is 0 Å². The molecule has 0 aromatic carbocycles.